The second kappa shape index (κ2) is 6.35. The van der Waals surface area contributed by atoms with Crippen molar-refractivity contribution in [1.29, 1.82) is 0 Å². The van der Waals surface area contributed by atoms with Gasteiger partial charge in [0.25, 0.3) is 0 Å². The van der Waals surface area contributed by atoms with Crippen LogP contribution < -0.4 is 10.6 Å². The Morgan fingerprint density at radius 1 is 1.11 bits per heavy atom. The van der Waals surface area contributed by atoms with Gasteiger partial charge < -0.3 is 10.6 Å². The summed E-state index contributed by atoms with van der Waals surface area (Å²) >= 11 is 3.41. The summed E-state index contributed by atoms with van der Waals surface area (Å²) < 4.78 is 1.06. The minimum absolute atomic E-state index is 0.783. The predicted octanol–water partition coefficient (Wildman–Crippen LogP) is 3.80. The predicted molar refractivity (Wildman–Crippen MR) is 78.2 cm³/mol. The van der Waals surface area contributed by atoms with Gasteiger partial charge in [-0.2, -0.15) is 0 Å². The molecule has 0 aliphatic heterocycles. The van der Waals surface area contributed by atoms with Gasteiger partial charge in [-0.25, -0.2) is 9.97 Å². The van der Waals surface area contributed by atoms with E-state index in [0.717, 1.165) is 34.8 Å². The lowest BCUT2D eigenvalue weighted by atomic mass is 10.3. The molecule has 2 rings (SSSR count). The van der Waals surface area contributed by atoms with Gasteiger partial charge in [-0.15, -0.1) is 0 Å². The van der Waals surface area contributed by atoms with Crippen molar-refractivity contribution < 1.29 is 0 Å². The van der Waals surface area contributed by atoms with E-state index in [1.807, 2.05) is 30.3 Å². The van der Waals surface area contributed by atoms with Crippen LogP contribution in [-0.4, -0.2) is 16.5 Å². The summed E-state index contributed by atoms with van der Waals surface area (Å²) in [6.07, 6.45) is 2.62. The third-order valence-corrected chi connectivity index (χ3v) is 2.87. The number of hydrogen-bond donors (Lipinski definition) is 2. The highest BCUT2D eigenvalue weighted by molar-refractivity contribution is 9.10. The van der Waals surface area contributed by atoms with Crippen molar-refractivity contribution in [2.75, 3.05) is 17.2 Å². The van der Waals surface area contributed by atoms with Gasteiger partial charge in [-0.1, -0.05) is 22.9 Å². The molecule has 1 aromatic carbocycles. The molecule has 18 heavy (non-hydrogen) atoms. The number of anilines is 3. The van der Waals surface area contributed by atoms with Gasteiger partial charge in [0, 0.05) is 22.8 Å². The van der Waals surface area contributed by atoms with Gasteiger partial charge in [0.1, 0.15) is 18.0 Å². The van der Waals surface area contributed by atoms with E-state index in [1.54, 1.807) is 6.33 Å². The number of rotatable bonds is 5. The number of aromatic nitrogens is 2. The molecule has 0 aliphatic carbocycles. The molecular weight excluding hydrogens is 292 g/mol. The van der Waals surface area contributed by atoms with Crippen LogP contribution in [0.25, 0.3) is 0 Å². The molecule has 0 amide bonds. The van der Waals surface area contributed by atoms with E-state index in [-0.39, 0.29) is 0 Å². The summed E-state index contributed by atoms with van der Waals surface area (Å²) in [5.74, 6) is 1.62. The van der Waals surface area contributed by atoms with Crippen LogP contribution in [0.15, 0.2) is 41.1 Å². The zero-order valence-electron chi connectivity index (χ0n) is 10.2. The van der Waals surface area contributed by atoms with Gasteiger partial charge >= 0.3 is 0 Å². The average Bonchev–Trinajstić information content (AvgIpc) is 2.40. The summed E-state index contributed by atoms with van der Waals surface area (Å²) in [4.78, 5) is 8.35. The Morgan fingerprint density at radius 2 is 1.83 bits per heavy atom. The molecule has 0 spiro atoms. The second-order valence-electron chi connectivity index (χ2n) is 3.85. The van der Waals surface area contributed by atoms with Crippen LogP contribution in [0.5, 0.6) is 0 Å². The van der Waals surface area contributed by atoms with Crippen molar-refractivity contribution in [3.05, 3.63) is 41.1 Å². The molecule has 0 unspecified atom stereocenters. The van der Waals surface area contributed by atoms with E-state index in [9.17, 15) is 0 Å². The molecule has 1 heterocycles. The largest absolute Gasteiger partial charge is 0.370 e. The number of halogens is 1. The molecular formula is C13H15BrN4. The van der Waals surface area contributed by atoms with Gasteiger partial charge in [-0.05, 0) is 30.7 Å². The number of hydrogen-bond acceptors (Lipinski definition) is 4. The number of nitrogens with one attached hydrogen (secondary N) is 2. The van der Waals surface area contributed by atoms with Crippen molar-refractivity contribution in [2.45, 2.75) is 13.3 Å². The molecule has 0 atom stereocenters. The van der Waals surface area contributed by atoms with E-state index in [2.05, 4.69) is 43.5 Å². The van der Waals surface area contributed by atoms with Crippen molar-refractivity contribution in [3.8, 4) is 0 Å². The second-order valence-corrected chi connectivity index (χ2v) is 4.76. The molecule has 1 aromatic heterocycles. The van der Waals surface area contributed by atoms with Crippen LogP contribution in [-0.2, 0) is 0 Å². The first-order valence-corrected chi connectivity index (χ1v) is 6.65. The third kappa shape index (κ3) is 3.70. The fraction of sp³-hybridized carbons (Fsp3) is 0.231. The van der Waals surface area contributed by atoms with Crippen LogP contribution >= 0.6 is 15.9 Å². The highest BCUT2D eigenvalue weighted by Gasteiger charge is 1.99. The lowest BCUT2D eigenvalue weighted by molar-refractivity contribution is 0.965. The number of nitrogens with zero attached hydrogens (tertiary/aromatic N) is 2. The van der Waals surface area contributed by atoms with E-state index < -0.39 is 0 Å². The summed E-state index contributed by atoms with van der Waals surface area (Å²) in [5, 5.41) is 6.47. The molecule has 0 fully saturated rings. The highest BCUT2D eigenvalue weighted by Crippen LogP contribution is 2.18. The van der Waals surface area contributed by atoms with Crippen molar-refractivity contribution >= 4 is 33.3 Å². The van der Waals surface area contributed by atoms with E-state index >= 15 is 0 Å². The Morgan fingerprint density at radius 3 is 2.56 bits per heavy atom. The lowest BCUT2D eigenvalue weighted by Gasteiger charge is -2.08. The van der Waals surface area contributed by atoms with Crippen molar-refractivity contribution in [1.82, 2.24) is 9.97 Å². The first kappa shape index (κ1) is 12.8. The average molecular weight is 307 g/mol. The van der Waals surface area contributed by atoms with Gasteiger partial charge in [-0.3, -0.25) is 0 Å². The molecule has 2 N–H and O–H groups in total. The fourth-order valence-electron chi connectivity index (χ4n) is 1.46. The fourth-order valence-corrected chi connectivity index (χ4v) is 1.72. The normalized spacial score (nSPS) is 10.1. The van der Waals surface area contributed by atoms with E-state index in [0.29, 0.717) is 0 Å². The van der Waals surface area contributed by atoms with Crippen LogP contribution in [0.4, 0.5) is 17.3 Å². The van der Waals surface area contributed by atoms with Gasteiger partial charge in [0.05, 0.1) is 0 Å². The molecule has 94 valence electrons. The first-order chi connectivity index (χ1) is 8.78. The Bertz CT molecular complexity index is 499. The quantitative estimate of drug-likeness (QED) is 0.882. The maximum atomic E-state index is 4.19. The SMILES string of the molecule is CCCNc1cc(Nc2ccc(Br)cc2)ncn1. The Hall–Kier alpha value is -1.62. The molecule has 0 bridgehead atoms. The first-order valence-electron chi connectivity index (χ1n) is 5.86. The number of benzene rings is 1. The summed E-state index contributed by atoms with van der Waals surface area (Å²) in [5.41, 5.74) is 0.998. The zero-order valence-corrected chi connectivity index (χ0v) is 11.7. The molecule has 0 radical (unpaired) electrons. The summed E-state index contributed by atoms with van der Waals surface area (Å²) in [6, 6.07) is 9.86. The van der Waals surface area contributed by atoms with Crippen molar-refractivity contribution in [2.24, 2.45) is 0 Å². The molecule has 4 nitrogen and oxygen atoms in total. The van der Waals surface area contributed by atoms with Gasteiger partial charge in [0.15, 0.2) is 0 Å². The topological polar surface area (TPSA) is 49.8 Å². The smallest absolute Gasteiger partial charge is 0.135 e. The Labute approximate surface area is 115 Å². The maximum absolute atomic E-state index is 4.19. The Balaban J connectivity index is 2.06. The summed E-state index contributed by atoms with van der Waals surface area (Å²) in [7, 11) is 0. The minimum Gasteiger partial charge on any atom is -0.370 e. The molecule has 0 saturated carbocycles. The maximum Gasteiger partial charge on any atom is 0.135 e. The monoisotopic (exact) mass is 306 g/mol. The highest BCUT2D eigenvalue weighted by atomic mass is 79.9. The third-order valence-electron chi connectivity index (χ3n) is 2.34. The molecule has 2 aromatic rings. The van der Waals surface area contributed by atoms with Crippen LogP contribution in [0.1, 0.15) is 13.3 Å². The van der Waals surface area contributed by atoms with Crippen LogP contribution in [0.2, 0.25) is 0 Å². The zero-order chi connectivity index (χ0) is 12.8. The summed E-state index contributed by atoms with van der Waals surface area (Å²) in [6.45, 7) is 3.03. The lowest BCUT2D eigenvalue weighted by Crippen LogP contribution is -2.03. The molecule has 0 aliphatic rings. The Kier molecular flexibility index (Phi) is 4.52. The van der Waals surface area contributed by atoms with E-state index in [1.165, 1.54) is 0 Å². The van der Waals surface area contributed by atoms with Crippen LogP contribution in [0, 0.1) is 0 Å². The van der Waals surface area contributed by atoms with E-state index in [4.69, 9.17) is 0 Å². The van der Waals surface area contributed by atoms with Crippen molar-refractivity contribution in [3.63, 3.8) is 0 Å². The van der Waals surface area contributed by atoms with Crippen LogP contribution in [0.3, 0.4) is 0 Å². The molecule has 5 heteroatoms. The van der Waals surface area contributed by atoms with Gasteiger partial charge in [0.2, 0.25) is 0 Å². The standard InChI is InChI=1S/C13H15BrN4/c1-2-7-15-12-8-13(17-9-16-12)18-11-5-3-10(14)4-6-11/h3-6,8-9H,2,7H2,1H3,(H2,15,16,17,18). The molecule has 0 saturated heterocycles. The minimum atomic E-state index is 0.783.